The predicted octanol–water partition coefficient (Wildman–Crippen LogP) is 2.61. The van der Waals surface area contributed by atoms with Crippen LogP contribution >= 0.6 is 11.3 Å². The molecule has 0 amide bonds. The molecule has 0 fully saturated rings. The summed E-state index contributed by atoms with van der Waals surface area (Å²) in [5, 5.41) is 2.98. The highest BCUT2D eigenvalue weighted by molar-refractivity contribution is 7.09. The minimum atomic E-state index is -0.252. The van der Waals surface area contributed by atoms with Gasteiger partial charge in [0.25, 0.3) is 0 Å². The number of aryl methyl sites for hydroxylation is 1. The van der Waals surface area contributed by atoms with Crippen LogP contribution in [0, 0.1) is 12.3 Å². The van der Waals surface area contributed by atoms with Crippen LogP contribution in [-0.4, -0.2) is 10.8 Å². The molecule has 0 atom stereocenters. The van der Waals surface area contributed by atoms with E-state index in [0.717, 1.165) is 10.7 Å². The summed E-state index contributed by atoms with van der Waals surface area (Å²) in [5.74, 6) is 0.248. The van der Waals surface area contributed by atoms with Crippen molar-refractivity contribution in [1.29, 1.82) is 0 Å². The summed E-state index contributed by atoms with van der Waals surface area (Å²) in [7, 11) is 0. The minimum absolute atomic E-state index is 0.248. The van der Waals surface area contributed by atoms with Crippen molar-refractivity contribution in [2.24, 2.45) is 5.41 Å². The number of aromatic nitrogens is 1. The Morgan fingerprint density at radius 3 is 2.54 bits per heavy atom. The fourth-order valence-corrected chi connectivity index (χ4v) is 1.53. The Morgan fingerprint density at radius 2 is 2.15 bits per heavy atom. The second kappa shape index (κ2) is 3.58. The average Bonchev–Trinajstić information content (AvgIpc) is 2.33. The van der Waals surface area contributed by atoms with Crippen molar-refractivity contribution in [1.82, 2.24) is 4.98 Å². The normalized spacial score (nSPS) is 11.7. The molecule has 0 spiro atoms. The lowest BCUT2D eigenvalue weighted by Crippen LogP contribution is -2.22. The zero-order chi connectivity index (χ0) is 10.1. The number of nitrogens with zero attached hydrogens (tertiary/aromatic N) is 1. The van der Waals surface area contributed by atoms with Gasteiger partial charge in [0, 0.05) is 10.8 Å². The highest BCUT2D eigenvalue weighted by Crippen LogP contribution is 2.18. The van der Waals surface area contributed by atoms with E-state index in [4.69, 9.17) is 0 Å². The molecule has 13 heavy (non-hydrogen) atoms. The van der Waals surface area contributed by atoms with E-state index in [1.165, 1.54) is 0 Å². The number of hydrogen-bond donors (Lipinski definition) is 0. The molecule has 0 radical (unpaired) electrons. The predicted molar refractivity (Wildman–Crippen MR) is 55.0 cm³/mol. The first-order valence-electron chi connectivity index (χ1n) is 4.34. The quantitative estimate of drug-likeness (QED) is 0.729. The maximum Gasteiger partial charge on any atom is 0.144 e. The molecule has 0 N–H and O–H groups in total. The molecular formula is C10H15NOS. The van der Waals surface area contributed by atoms with Crippen LogP contribution in [0.4, 0.5) is 0 Å². The summed E-state index contributed by atoms with van der Waals surface area (Å²) in [4.78, 5) is 15.9. The molecule has 0 aromatic carbocycles. The Hall–Kier alpha value is -0.700. The fraction of sp³-hybridized carbons (Fsp3) is 0.600. The molecule has 1 aromatic rings. The van der Waals surface area contributed by atoms with Crippen LogP contribution in [0.15, 0.2) is 5.38 Å². The van der Waals surface area contributed by atoms with Crippen molar-refractivity contribution >= 4 is 17.1 Å². The number of thiazole rings is 1. The van der Waals surface area contributed by atoms with Gasteiger partial charge in [-0.2, -0.15) is 0 Å². The van der Waals surface area contributed by atoms with Crippen molar-refractivity contribution in [2.45, 2.75) is 34.1 Å². The van der Waals surface area contributed by atoms with Crippen LogP contribution in [0.1, 0.15) is 31.5 Å². The molecular weight excluding hydrogens is 182 g/mol. The van der Waals surface area contributed by atoms with Gasteiger partial charge in [0.05, 0.1) is 17.1 Å². The zero-order valence-corrected chi connectivity index (χ0v) is 9.36. The van der Waals surface area contributed by atoms with E-state index in [1.54, 1.807) is 11.3 Å². The van der Waals surface area contributed by atoms with Gasteiger partial charge in [-0.1, -0.05) is 20.8 Å². The molecule has 2 nitrogen and oxygen atoms in total. The second-order valence-corrected chi connectivity index (χ2v) is 5.27. The lowest BCUT2D eigenvalue weighted by Gasteiger charge is -2.15. The van der Waals surface area contributed by atoms with Crippen LogP contribution in [0.25, 0.3) is 0 Å². The minimum Gasteiger partial charge on any atom is -0.299 e. The summed E-state index contributed by atoms with van der Waals surface area (Å²) in [6.07, 6.45) is 0.466. The van der Waals surface area contributed by atoms with E-state index in [9.17, 15) is 4.79 Å². The highest BCUT2D eigenvalue weighted by atomic mass is 32.1. The third-order valence-corrected chi connectivity index (χ3v) is 2.67. The van der Waals surface area contributed by atoms with E-state index < -0.39 is 0 Å². The van der Waals surface area contributed by atoms with E-state index in [1.807, 2.05) is 33.1 Å². The molecule has 1 rings (SSSR count). The first kappa shape index (κ1) is 10.4. The van der Waals surface area contributed by atoms with Gasteiger partial charge in [-0.25, -0.2) is 4.98 Å². The summed E-state index contributed by atoms with van der Waals surface area (Å²) in [5.41, 5.74) is 0.653. The van der Waals surface area contributed by atoms with Crippen molar-refractivity contribution in [3.05, 3.63) is 16.1 Å². The molecule has 3 heteroatoms. The van der Waals surface area contributed by atoms with Crippen molar-refractivity contribution in [3.8, 4) is 0 Å². The lowest BCUT2D eigenvalue weighted by atomic mass is 9.88. The van der Waals surface area contributed by atoms with Crippen molar-refractivity contribution < 1.29 is 4.79 Å². The molecule has 0 bridgehead atoms. The molecule has 0 aliphatic heterocycles. The van der Waals surface area contributed by atoms with Crippen LogP contribution in [-0.2, 0) is 11.2 Å². The molecule has 0 saturated carbocycles. The van der Waals surface area contributed by atoms with Gasteiger partial charge in [0.15, 0.2) is 0 Å². The average molecular weight is 197 g/mol. The third-order valence-electron chi connectivity index (χ3n) is 1.84. The number of Topliss-reactive ketones (excluding diaryl/α,β-unsaturated/α-hetero) is 1. The number of ketones is 1. The van der Waals surface area contributed by atoms with Crippen LogP contribution < -0.4 is 0 Å². The summed E-state index contributed by atoms with van der Waals surface area (Å²) >= 11 is 1.59. The second-order valence-electron chi connectivity index (χ2n) is 4.21. The number of rotatable bonds is 2. The summed E-state index contributed by atoms with van der Waals surface area (Å²) < 4.78 is 0. The molecule has 1 heterocycles. The van der Waals surface area contributed by atoms with Gasteiger partial charge >= 0.3 is 0 Å². The van der Waals surface area contributed by atoms with E-state index in [0.29, 0.717) is 6.42 Å². The van der Waals surface area contributed by atoms with Crippen molar-refractivity contribution in [2.75, 3.05) is 0 Å². The Labute approximate surface area is 83.0 Å². The van der Waals surface area contributed by atoms with E-state index >= 15 is 0 Å². The Morgan fingerprint density at radius 1 is 1.54 bits per heavy atom. The van der Waals surface area contributed by atoms with E-state index in [2.05, 4.69) is 4.98 Å². The Bertz CT molecular complexity index is 309. The standard InChI is InChI=1S/C10H15NOS/c1-7-11-8(6-13-7)5-9(12)10(2,3)4/h6H,5H2,1-4H3. The monoisotopic (exact) mass is 197 g/mol. The largest absolute Gasteiger partial charge is 0.299 e. The third kappa shape index (κ3) is 2.92. The summed E-state index contributed by atoms with van der Waals surface area (Å²) in [6, 6.07) is 0. The van der Waals surface area contributed by atoms with E-state index in [-0.39, 0.29) is 11.2 Å². The maximum absolute atomic E-state index is 11.6. The van der Waals surface area contributed by atoms with Gasteiger partial charge < -0.3 is 0 Å². The molecule has 0 aliphatic rings. The van der Waals surface area contributed by atoms with Gasteiger partial charge in [-0.05, 0) is 6.92 Å². The smallest absolute Gasteiger partial charge is 0.144 e. The first-order valence-corrected chi connectivity index (χ1v) is 5.22. The first-order chi connectivity index (χ1) is 5.89. The van der Waals surface area contributed by atoms with Gasteiger partial charge in [0.2, 0.25) is 0 Å². The highest BCUT2D eigenvalue weighted by Gasteiger charge is 2.21. The SMILES string of the molecule is Cc1nc(CC(=O)C(C)(C)C)cs1. The van der Waals surface area contributed by atoms with Crippen LogP contribution in [0.3, 0.4) is 0 Å². The maximum atomic E-state index is 11.6. The number of hydrogen-bond acceptors (Lipinski definition) is 3. The number of carbonyl (C=O) groups excluding carboxylic acids is 1. The summed E-state index contributed by atoms with van der Waals surface area (Å²) in [6.45, 7) is 7.77. The molecule has 0 aliphatic carbocycles. The Kier molecular flexibility index (Phi) is 2.86. The Balaban J connectivity index is 2.65. The van der Waals surface area contributed by atoms with Gasteiger partial charge in [-0.3, -0.25) is 4.79 Å². The topological polar surface area (TPSA) is 30.0 Å². The lowest BCUT2D eigenvalue weighted by molar-refractivity contribution is -0.125. The van der Waals surface area contributed by atoms with Crippen LogP contribution in [0.5, 0.6) is 0 Å². The van der Waals surface area contributed by atoms with Crippen molar-refractivity contribution in [3.63, 3.8) is 0 Å². The molecule has 1 aromatic heterocycles. The molecule has 0 unspecified atom stereocenters. The zero-order valence-electron chi connectivity index (χ0n) is 8.55. The van der Waals surface area contributed by atoms with Crippen LogP contribution in [0.2, 0.25) is 0 Å². The molecule has 72 valence electrons. The number of carbonyl (C=O) groups is 1. The fourth-order valence-electron chi connectivity index (χ4n) is 0.919. The molecule has 0 saturated heterocycles. The van der Waals surface area contributed by atoms with Gasteiger partial charge in [0.1, 0.15) is 5.78 Å². The van der Waals surface area contributed by atoms with Gasteiger partial charge in [-0.15, -0.1) is 11.3 Å².